The Kier molecular flexibility index (Phi) is 2.41. The maximum atomic E-state index is 11.5. The van der Waals surface area contributed by atoms with Crippen LogP contribution in [0.4, 0.5) is 11.6 Å². The molecule has 0 radical (unpaired) electrons. The lowest BCUT2D eigenvalue weighted by atomic mass is 10.1. The Bertz CT molecular complexity index is 572. The van der Waals surface area contributed by atoms with Gasteiger partial charge in [-0.05, 0) is 12.1 Å². The average Bonchev–Trinajstić information content (AvgIpc) is 2.81. The van der Waals surface area contributed by atoms with Gasteiger partial charge in [0, 0.05) is 37.0 Å². The van der Waals surface area contributed by atoms with Gasteiger partial charge in [0.05, 0.1) is 0 Å². The summed E-state index contributed by atoms with van der Waals surface area (Å²) in [6.07, 6.45) is 2.65. The summed E-state index contributed by atoms with van der Waals surface area (Å²) in [5.41, 5.74) is 1.70. The molecule has 6 heteroatoms. The molecule has 3 heterocycles. The molecule has 0 aromatic carbocycles. The van der Waals surface area contributed by atoms with Crippen molar-refractivity contribution in [3.63, 3.8) is 0 Å². The van der Waals surface area contributed by atoms with E-state index in [2.05, 4.69) is 25.6 Å². The SMILES string of the molecule is O=c1nc(Nc2ccc[nH]2)c2c([nH]1)CCNC2. The highest BCUT2D eigenvalue weighted by Gasteiger charge is 2.15. The maximum absolute atomic E-state index is 11.5. The predicted molar refractivity (Wildman–Crippen MR) is 64.3 cm³/mol. The second-order valence-corrected chi connectivity index (χ2v) is 3.98. The number of anilines is 2. The standard InChI is InChI=1S/C11H13N5O/c17-11-14-8-3-5-12-6-7(8)10(16-11)15-9-2-1-4-13-9/h1-2,4,12-13H,3,5-6H2,(H2,14,15,16,17). The van der Waals surface area contributed by atoms with E-state index in [4.69, 9.17) is 0 Å². The third-order valence-corrected chi connectivity index (χ3v) is 2.83. The molecule has 6 nitrogen and oxygen atoms in total. The zero-order chi connectivity index (χ0) is 11.7. The second-order valence-electron chi connectivity index (χ2n) is 3.98. The van der Waals surface area contributed by atoms with Crippen molar-refractivity contribution < 1.29 is 0 Å². The van der Waals surface area contributed by atoms with Gasteiger partial charge < -0.3 is 20.6 Å². The van der Waals surface area contributed by atoms with Crippen LogP contribution >= 0.6 is 0 Å². The summed E-state index contributed by atoms with van der Waals surface area (Å²) in [6, 6.07) is 3.78. The van der Waals surface area contributed by atoms with E-state index in [1.54, 1.807) is 0 Å². The summed E-state index contributed by atoms with van der Waals surface area (Å²) < 4.78 is 0. The fourth-order valence-electron chi connectivity index (χ4n) is 2.01. The van der Waals surface area contributed by atoms with Gasteiger partial charge in [-0.2, -0.15) is 4.98 Å². The molecular weight excluding hydrogens is 218 g/mol. The second kappa shape index (κ2) is 4.06. The van der Waals surface area contributed by atoms with Crippen molar-refractivity contribution in [2.75, 3.05) is 11.9 Å². The molecule has 88 valence electrons. The number of rotatable bonds is 2. The van der Waals surface area contributed by atoms with Crippen LogP contribution in [0.5, 0.6) is 0 Å². The molecule has 1 aliphatic heterocycles. The predicted octanol–water partition coefficient (Wildman–Crippen LogP) is 0.487. The van der Waals surface area contributed by atoms with Crippen molar-refractivity contribution >= 4 is 11.6 Å². The van der Waals surface area contributed by atoms with Crippen LogP contribution in [0.25, 0.3) is 0 Å². The first kappa shape index (κ1) is 10.1. The van der Waals surface area contributed by atoms with E-state index in [0.29, 0.717) is 5.82 Å². The monoisotopic (exact) mass is 231 g/mol. The summed E-state index contributed by atoms with van der Waals surface area (Å²) in [4.78, 5) is 21.3. The Morgan fingerprint density at radius 2 is 2.35 bits per heavy atom. The molecule has 0 fully saturated rings. The number of hydrogen-bond donors (Lipinski definition) is 4. The first-order chi connectivity index (χ1) is 8.33. The third-order valence-electron chi connectivity index (χ3n) is 2.83. The largest absolute Gasteiger partial charge is 0.348 e. The number of nitrogens with zero attached hydrogens (tertiary/aromatic N) is 1. The van der Waals surface area contributed by atoms with E-state index >= 15 is 0 Å². The van der Waals surface area contributed by atoms with E-state index in [0.717, 1.165) is 36.6 Å². The summed E-state index contributed by atoms with van der Waals surface area (Å²) in [5.74, 6) is 1.45. The molecule has 0 aliphatic carbocycles. The van der Waals surface area contributed by atoms with Crippen LogP contribution < -0.4 is 16.3 Å². The Balaban J connectivity index is 2.03. The average molecular weight is 231 g/mol. The molecule has 0 saturated heterocycles. The molecule has 1 aliphatic rings. The summed E-state index contributed by atoms with van der Waals surface area (Å²) >= 11 is 0. The van der Waals surface area contributed by atoms with Gasteiger partial charge >= 0.3 is 5.69 Å². The minimum absolute atomic E-state index is 0.306. The Labute approximate surface area is 97.5 Å². The van der Waals surface area contributed by atoms with Crippen LogP contribution in [-0.2, 0) is 13.0 Å². The van der Waals surface area contributed by atoms with Crippen LogP contribution in [0.15, 0.2) is 23.1 Å². The Hall–Kier alpha value is -2.08. The molecule has 2 aromatic rings. The first-order valence-corrected chi connectivity index (χ1v) is 5.56. The molecule has 17 heavy (non-hydrogen) atoms. The lowest BCUT2D eigenvalue weighted by Gasteiger charge is -2.19. The zero-order valence-electron chi connectivity index (χ0n) is 9.21. The van der Waals surface area contributed by atoms with Crippen LogP contribution in [0, 0.1) is 0 Å². The molecular formula is C11H13N5O. The number of H-pyrrole nitrogens is 2. The van der Waals surface area contributed by atoms with E-state index in [-0.39, 0.29) is 5.69 Å². The van der Waals surface area contributed by atoms with Crippen LogP contribution in [0.2, 0.25) is 0 Å². The summed E-state index contributed by atoms with van der Waals surface area (Å²) in [6.45, 7) is 1.61. The Morgan fingerprint density at radius 3 is 3.18 bits per heavy atom. The number of aromatic nitrogens is 3. The van der Waals surface area contributed by atoms with Gasteiger partial charge in [0.2, 0.25) is 0 Å². The molecule has 0 amide bonds. The van der Waals surface area contributed by atoms with E-state index in [1.807, 2.05) is 18.3 Å². The fourth-order valence-corrected chi connectivity index (χ4v) is 2.01. The van der Waals surface area contributed by atoms with Crippen LogP contribution in [0.1, 0.15) is 11.3 Å². The molecule has 3 rings (SSSR count). The van der Waals surface area contributed by atoms with E-state index < -0.39 is 0 Å². The maximum Gasteiger partial charge on any atom is 0.347 e. The van der Waals surface area contributed by atoms with Gasteiger partial charge in [0.25, 0.3) is 0 Å². The third kappa shape index (κ3) is 1.94. The van der Waals surface area contributed by atoms with Crippen molar-refractivity contribution in [3.8, 4) is 0 Å². The van der Waals surface area contributed by atoms with Crippen molar-refractivity contribution in [2.24, 2.45) is 0 Å². The van der Waals surface area contributed by atoms with Crippen molar-refractivity contribution in [2.45, 2.75) is 13.0 Å². The Morgan fingerprint density at radius 1 is 1.41 bits per heavy atom. The van der Waals surface area contributed by atoms with E-state index in [9.17, 15) is 4.79 Å². The topological polar surface area (TPSA) is 85.6 Å². The number of nitrogens with one attached hydrogen (secondary N) is 4. The van der Waals surface area contributed by atoms with Crippen molar-refractivity contribution in [1.82, 2.24) is 20.3 Å². The molecule has 0 unspecified atom stereocenters. The van der Waals surface area contributed by atoms with Crippen molar-refractivity contribution in [3.05, 3.63) is 40.1 Å². The number of aromatic amines is 2. The highest BCUT2D eigenvalue weighted by molar-refractivity contribution is 5.57. The van der Waals surface area contributed by atoms with Gasteiger partial charge in [-0.3, -0.25) is 0 Å². The molecule has 0 spiro atoms. The fraction of sp³-hybridized carbons (Fsp3) is 0.273. The van der Waals surface area contributed by atoms with Gasteiger partial charge in [0.15, 0.2) is 0 Å². The minimum atomic E-state index is -0.306. The van der Waals surface area contributed by atoms with Gasteiger partial charge in [0.1, 0.15) is 11.6 Å². The quantitative estimate of drug-likeness (QED) is 0.606. The summed E-state index contributed by atoms with van der Waals surface area (Å²) in [5, 5.41) is 6.39. The first-order valence-electron chi connectivity index (χ1n) is 5.56. The van der Waals surface area contributed by atoms with Crippen LogP contribution in [-0.4, -0.2) is 21.5 Å². The minimum Gasteiger partial charge on any atom is -0.348 e. The molecule has 0 atom stereocenters. The lowest BCUT2D eigenvalue weighted by molar-refractivity contribution is 0.624. The van der Waals surface area contributed by atoms with Crippen LogP contribution in [0.3, 0.4) is 0 Å². The molecule has 4 N–H and O–H groups in total. The normalized spacial score (nSPS) is 14.4. The van der Waals surface area contributed by atoms with Gasteiger partial charge in [-0.25, -0.2) is 4.79 Å². The zero-order valence-corrected chi connectivity index (χ0v) is 9.21. The number of fused-ring (bicyclic) bond motifs is 1. The summed E-state index contributed by atoms with van der Waals surface area (Å²) in [7, 11) is 0. The number of hydrogen-bond acceptors (Lipinski definition) is 4. The highest BCUT2D eigenvalue weighted by Crippen LogP contribution is 2.20. The molecule has 0 bridgehead atoms. The smallest absolute Gasteiger partial charge is 0.347 e. The van der Waals surface area contributed by atoms with Crippen molar-refractivity contribution in [1.29, 1.82) is 0 Å². The lowest BCUT2D eigenvalue weighted by Crippen LogP contribution is -2.29. The molecule has 2 aromatic heterocycles. The molecule has 0 saturated carbocycles. The van der Waals surface area contributed by atoms with Gasteiger partial charge in [-0.1, -0.05) is 0 Å². The van der Waals surface area contributed by atoms with Gasteiger partial charge in [-0.15, -0.1) is 0 Å². The van der Waals surface area contributed by atoms with E-state index in [1.165, 1.54) is 0 Å². The highest BCUT2D eigenvalue weighted by atomic mass is 16.1.